The second-order valence-electron chi connectivity index (χ2n) is 3.79. The van der Waals surface area contributed by atoms with Crippen molar-refractivity contribution in [2.75, 3.05) is 5.32 Å². The summed E-state index contributed by atoms with van der Waals surface area (Å²) in [4.78, 5) is 20.1. The minimum Gasteiger partial charge on any atom is -0.296 e. The highest BCUT2D eigenvalue weighted by molar-refractivity contribution is 7.13. The van der Waals surface area contributed by atoms with Gasteiger partial charge in [0.2, 0.25) is 5.13 Å². The van der Waals surface area contributed by atoms with Crippen LogP contribution in [0.25, 0.3) is 0 Å². The molecule has 0 aromatic carbocycles. The number of nitrogens with zero attached hydrogens (tertiary/aromatic N) is 4. The zero-order valence-corrected chi connectivity index (χ0v) is 9.65. The molecule has 17 heavy (non-hydrogen) atoms. The molecular weight excluding hydrogens is 238 g/mol. The lowest BCUT2D eigenvalue weighted by atomic mass is 10.1. The molecule has 0 aliphatic heterocycles. The molecule has 1 aliphatic rings. The van der Waals surface area contributed by atoms with E-state index in [1.165, 1.54) is 17.7 Å². The van der Waals surface area contributed by atoms with E-state index in [1.54, 1.807) is 11.7 Å². The summed E-state index contributed by atoms with van der Waals surface area (Å²) >= 11 is 1.28. The fraction of sp³-hybridized carbons (Fsp3) is 0.300. The predicted octanol–water partition coefficient (Wildman–Crippen LogP) is 1.46. The molecule has 6 nitrogen and oxygen atoms in total. The lowest BCUT2D eigenvalue weighted by molar-refractivity contribution is 0.102. The Bertz CT molecular complexity index is 537. The highest BCUT2D eigenvalue weighted by atomic mass is 32.1. The van der Waals surface area contributed by atoms with E-state index in [9.17, 15) is 4.79 Å². The van der Waals surface area contributed by atoms with Crippen LogP contribution in [0, 0.1) is 0 Å². The molecule has 0 atom stereocenters. The zero-order valence-electron chi connectivity index (χ0n) is 8.83. The Morgan fingerprint density at radius 1 is 1.47 bits per heavy atom. The quantitative estimate of drug-likeness (QED) is 0.888. The van der Waals surface area contributed by atoms with Gasteiger partial charge in [0.15, 0.2) is 0 Å². The standard InChI is InChI=1S/C10H9N5OS/c16-9(14-10-15-13-5-17-10)7-3-11-4-12-8(7)6-1-2-6/h3-6H,1-2H2,(H,14,15,16). The number of anilines is 1. The Kier molecular flexibility index (Phi) is 2.52. The Hall–Kier alpha value is -1.89. The second kappa shape index (κ2) is 4.17. The van der Waals surface area contributed by atoms with Crippen molar-refractivity contribution in [2.45, 2.75) is 18.8 Å². The third-order valence-corrected chi connectivity index (χ3v) is 3.14. The van der Waals surface area contributed by atoms with Gasteiger partial charge in [-0.3, -0.25) is 10.1 Å². The smallest absolute Gasteiger partial charge is 0.260 e. The van der Waals surface area contributed by atoms with Gasteiger partial charge in [-0.1, -0.05) is 11.3 Å². The van der Waals surface area contributed by atoms with E-state index in [0.717, 1.165) is 18.5 Å². The van der Waals surface area contributed by atoms with E-state index in [0.29, 0.717) is 16.6 Å². The molecule has 2 aromatic rings. The molecule has 0 unspecified atom stereocenters. The van der Waals surface area contributed by atoms with Crippen LogP contribution in [0.15, 0.2) is 18.0 Å². The predicted molar refractivity (Wildman–Crippen MR) is 61.9 cm³/mol. The number of hydrogen-bond donors (Lipinski definition) is 1. The summed E-state index contributed by atoms with van der Waals surface area (Å²) in [5.41, 5.74) is 2.94. The van der Waals surface area contributed by atoms with E-state index in [-0.39, 0.29) is 5.91 Å². The van der Waals surface area contributed by atoms with Gasteiger partial charge in [-0.25, -0.2) is 9.97 Å². The van der Waals surface area contributed by atoms with Crippen LogP contribution in [0.4, 0.5) is 5.13 Å². The number of hydrogen-bond acceptors (Lipinski definition) is 6. The van der Waals surface area contributed by atoms with Crippen LogP contribution in [0.2, 0.25) is 0 Å². The number of nitrogens with one attached hydrogen (secondary N) is 1. The fourth-order valence-electron chi connectivity index (χ4n) is 1.59. The van der Waals surface area contributed by atoms with Gasteiger partial charge in [0.25, 0.3) is 5.91 Å². The van der Waals surface area contributed by atoms with E-state index < -0.39 is 0 Å². The van der Waals surface area contributed by atoms with Crippen molar-refractivity contribution >= 4 is 22.4 Å². The van der Waals surface area contributed by atoms with E-state index in [1.807, 2.05) is 0 Å². The first-order chi connectivity index (χ1) is 8.34. The van der Waals surface area contributed by atoms with Crippen LogP contribution in [-0.2, 0) is 0 Å². The lowest BCUT2D eigenvalue weighted by Crippen LogP contribution is -2.15. The van der Waals surface area contributed by atoms with Gasteiger partial charge in [-0.2, -0.15) is 0 Å². The summed E-state index contributed by atoms with van der Waals surface area (Å²) in [5.74, 6) is 0.192. The molecule has 0 saturated heterocycles. The molecule has 1 fully saturated rings. The lowest BCUT2D eigenvalue weighted by Gasteiger charge is -2.05. The Morgan fingerprint density at radius 2 is 2.35 bits per heavy atom. The Balaban J connectivity index is 1.85. The molecule has 86 valence electrons. The largest absolute Gasteiger partial charge is 0.296 e. The van der Waals surface area contributed by atoms with Crippen molar-refractivity contribution in [3.63, 3.8) is 0 Å². The summed E-state index contributed by atoms with van der Waals surface area (Å²) < 4.78 is 0. The van der Waals surface area contributed by atoms with E-state index >= 15 is 0 Å². The average Bonchev–Trinajstić information content (AvgIpc) is 3.08. The van der Waals surface area contributed by atoms with Crippen LogP contribution in [0.5, 0.6) is 0 Å². The fourth-order valence-corrected chi connectivity index (χ4v) is 2.03. The van der Waals surface area contributed by atoms with Crippen LogP contribution < -0.4 is 5.32 Å². The number of carbonyl (C=O) groups is 1. The first kappa shape index (κ1) is 10.3. The highest BCUT2D eigenvalue weighted by Gasteiger charge is 2.29. The normalized spacial score (nSPS) is 14.6. The van der Waals surface area contributed by atoms with Crippen LogP contribution in [-0.4, -0.2) is 26.1 Å². The first-order valence-electron chi connectivity index (χ1n) is 5.22. The van der Waals surface area contributed by atoms with E-state index in [4.69, 9.17) is 0 Å². The maximum Gasteiger partial charge on any atom is 0.260 e. The molecule has 0 radical (unpaired) electrons. The summed E-state index contributed by atoms with van der Waals surface area (Å²) in [6, 6.07) is 0. The van der Waals surface area contributed by atoms with Gasteiger partial charge in [-0.05, 0) is 12.8 Å². The van der Waals surface area contributed by atoms with Gasteiger partial charge in [0, 0.05) is 12.1 Å². The molecule has 1 amide bonds. The topological polar surface area (TPSA) is 80.7 Å². The maximum atomic E-state index is 12.0. The summed E-state index contributed by atoms with van der Waals surface area (Å²) in [6.07, 6.45) is 5.22. The summed E-state index contributed by atoms with van der Waals surface area (Å²) in [6.45, 7) is 0. The third-order valence-electron chi connectivity index (χ3n) is 2.53. The molecule has 7 heteroatoms. The van der Waals surface area contributed by atoms with Crippen LogP contribution >= 0.6 is 11.3 Å². The molecule has 2 aromatic heterocycles. The van der Waals surface area contributed by atoms with Crippen molar-refractivity contribution in [3.05, 3.63) is 29.3 Å². The monoisotopic (exact) mass is 247 g/mol. The van der Waals surface area contributed by atoms with Crippen molar-refractivity contribution in [1.29, 1.82) is 0 Å². The Labute approximate surface area is 101 Å². The molecule has 2 heterocycles. The highest BCUT2D eigenvalue weighted by Crippen LogP contribution is 2.40. The molecular formula is C10H9N5OS. The second-order valence-corrected chi connectivity index (χ2v) is 4.63. The molecule has 1 saturated carbocycles. The summed E-state index contributed by atoms with van der Waals surface area (Å²) in [7, 11) is 0. The summed E-state index contributed by atoms with van der Waals surface area (Å²) in [5, 5.41) is 10.6. The molecule has 0 bridgehead atoms. The minimum atomic E-state index is -0.218. The number of rotatable bonds is 3. The van der Waals surface area contributed by atoms with Gasteiger partial charge in [-0.15, -0.1) is 10.2 Å². The third kappa shape index (κ3) is 2.14. The number of aromatic nitrogens is 4. The van der Waals surface area contributed by atoms with Crippen LogP contribution in [0.3, 0.4) is 0 Å². The molecule has 0 spiro atoms. The van der Waals surface area contributed by atoms with Crippen molar-refractivity contribution in [1.82, 2.24) is 20.2 Å². The average molecular weight is 247 g/mol. The van der Waals surface area contributed by atoms with Gasteiger partial charge in [0.05, 0.1) is 11.3 Å². The minimum absolute atomic E-state index is 0.218. The zero-order chi connectivity index (χ0) is 11.7. The van der Waals surface area contributed by atoms with Crippen molar-refractivity contribution in [3.8, 4) is 0 Å². The van der Waals surface area contributed by atoms with Gasteiger partial charge < -0.3 is 0 Å². The molecule has 1 N–H and O–H groups in total. The van der Waals surface area contributed by atoms with Crippen LogP contribution in [0.1, 0.15) is 34.8 Å². The number of carbonyl (C=O) groups excluding carboxylic acids is 1. The first-order valence-corrected chi connectivity index (χ1v) is 6.10. The van der Waals surface area contributed by atoms with Crippen molar-refractivity contribution < 1.29 is 4.79 Å². The van der Waals surface area contributed by atoms with Gasteiger partial charge in [0.1, 0.15) is 11.8 Å². The maximum absolute atomic E-state index is 12.0. The molecule has 3 rings (SSSR count). The SMILES string of the molecule is O=C(Nc1nncs1)c1cncnc1C1CC1. The van der Waals surface area contributed by atoms with Crippen molar-refractivity contribution in [2.24, 2.45) is 0 Å². The molecule has 1 aliphatic carbocycles. The Morgan fingerprint density at radius 3 is 3.06 bits per heavy atom. The number of amides is 1. The van der Waals surface area contributed by atoms with Gasteiger partial charge >= 0.3 is 0 Å². The van der Waals surface area contributed by atoms with E-state index in [2.05, 4.69) is 25.5 Å².